The van der Waals surface area contributed by atoms with Crippen LogP contribution in [-0.4, -0.2) is 5.91 Å². The van der Waals surface area contributed by atoms with Crippen LogP contribution in [0.15, 0.2) is 42.5 Å². The average molecular weight is 279 g/mol. The fourth-order valence-electron chi connectivity index (χ4n) is 1.69. The number of carbonyl (C=O) groups excluding carboxylic acids is 1. The number of nitrogen functional groups attached to an aromatic ring is 1. The molecule has 0 aromatic heterocycles. The van der Waals surface area contributed by atoms with E-state index in [0.29, 0.717) is 22.0 Å². The van der Waals surface area contributed by atoms with Crippen LogP contribution in [-0.2, 0) is 11.2 Å². The molecule has 0 aliphatic carbocycles. The molecule has 5 heteroatoms. The largest absolute Gasteiger partial charge is 0.397 e. The van der Waals surface area contributed by atoms with Gasteiger partial charge in [0.05, 0.1) is 22.8 Å². The standard InChI is InChI=1S/C14H12ClFN2O/c15-11-5-2-6-12(17)14(11)18-13(19)8-9-3-1-4-10(16)7-9/h1-7H,8,17H2,(H,18,19). The van der Waals surface area contributed by atoms with Gasteiger partial charge in [0.1, 0.15) is 5.82 Å². The number of hydrogen-bond acceptors (Lipinski definition) is 2. The number of para-hydroxylation sites is 1. The van der Waals surface area contributed by atoms with Crippen molar-refractivity contribution >= 4 is 28.9 Å². The fraction of sp³-hybridized carbons (Fsp3) is 0.0714. The van der Waals surface area contributed by atoms with Crippen molar-refractivity contribution in [2.24, 2.45) is 0 Å². The van der Waals surface area contributed by atoms with Crippen LogP contribution >= 0.6 is 11.6 Å². The van der Waals surface area contributed by atoms with Gasteiger partial charge in [0.2, 0.25) is 5.91 Å². The lowest BCUT2D eigenvalue weighted by Gasteiger charge is -2.10. The number of nitrogens with one attached hydrogen (secondary N) is 1. The predicted molar refractivity (Wildman–Crippen MR) is 74.6 cm³/mol. The quantitative estimate of drug-likeness (QED) is 0.847. The summed E-state index contributed by atoms with van der Waals surface area (Å²) in [5.41, 5.74) is 7.08. The van der Waals surface area contributed by atoms with E-state index in [1.807, 2.05) is 0 Å². The summed E-state index contributed by atoms with van der Waals surface area (Å²) in [6, 6.07) is 10.8. The van der Waals surface area contributed by atoms with E-state index in [2.05, 4.69) is 5.32 Å². The Balaban J connectivity index is 2.10. The monoisotopic (exact) mass is 278 g/mol. The molecule has 0 radical (unpaired) electrons. The Labute approximate surface area is 115 Å². The van der Waals surface area contributed by atoms with Crippen LogP contribution in [0.1, 0.15) is 5.56 Å². The molecule has 0 bridgehead atoms. The highest BCUT2D eigenvalue weighted by Crippen LogP contribution is 2.27. The van der Waals surface area contributed by atoms with Crippen molar-refractivity contribution in [3.63, 3.8) is 0 Å². The molecule has 3 nitrogen and oxygen atoms in total. The van der Waals surface area contributed by atoms with E-state index >= 15 is 0 Å². The maximum absolute atomic E-state index is 13.0. The van der Waals surface area contributed by atoms with Crippen LogP contribution in [0, 0.1) is 5.82 Å². The molecule has 0 atom stereocenters. The van der Waals surface area contributed by atoms with Crippen LogP contribution in [0.5, 0.6) is 0 Å². The lowest BCUT2D eigenvalue weighted by Crippen LogP contribution is -2.15. The Morgan fingerprint density at radius 3 is 2.68 bits per heavy atom. The maximum Gasteiger partial charge on any atom is 0.228 e. The normalized spacial score (nSPS) is 10.2. The van der Waals surface area contributed by atoms with Gasteiger partial charge in [-0.15, -0.1) is 0 Å². The second-order valence-electron chi connectivity index (χ2n) is 4.06. The first-order chi connectivity index (χ1) is 9.06. The summed E-state index contributed by atoms with van der Waals surface area (Å²) in [6.45, 7) is 0. The zero-order chi connectivity index (χ0) is 13.8. The summed E-state index contributed by atoms with van der Waals surface area (Å²) in [6.07, 6.45) is 0.0580. The molecule has 0 heterocycles. The molecule has 19 heavy (non-hydrogen) atoms. The third kappa shape index (κ3) is 3.45. The number of amides is 1. The van der Waals surface area contributed by atoms with Gasteiger partial charge < -0.3 is 11.1 Å². The van der Waals surface area contributed by atoms with Crippen molar-refractivity contribution in [1.29, 1.82) is 0 Å². The van der Waals surface area contributed by atoms with Gasteiger partial charge in [-0.1, -0.05) is 29.8 Å². The minimum absolute atomic E-state index is 0.0580. The Hall–Kier alpha value is -2.07. The molecule has 2 aromatic carbocycles. The van der Waals surface area contributed by atoms with Crippen LogP contribution in [0.25, 0.3) is 0 Å². The van der Waals surface area contributed by atoms with Crippen molar-refractivity contribution in [1.82, 2.24) is 0 Å². The van der Waals surface area contributed by atoms with Crippen LogP contribution in [0.3, 0.4) is 0 Å². The molecule has 1 amide bonds. The SMILES string of the molecule is Nc1cccc(Cl)c1NC(=O)Cc1cccc(F)c1. The number of rotatable bonds is 3. The molecule has 2 rings (SSSR count). The number of benzene rings is 2. The van der Waals surface area contributed by atoms with Gasteiger partial charge >= 0.3 is 0 Å². The summed E-state index contributed by atoms with van der Waals surface area (Å²) >= 11 is 5.95. The van der Waals surface area contributed by atoms with Crippen LogP contribution in [0.4, 0.5) is 15.8 Å². The Morgan fingerprint density at radius 2 is 2.00 bits per heavy atom. The molecule has 0 aliphatic heterocycles. The first-order valence-corrected chi connectivity index (χ1v) is 6.02. The third-order valence-corrected chi connectivity index (χ3v) is 2.88. The lowest BCUT2D eigenvalue weighted by molar-refractivity contribution is -0.115. The first kappa shape index (κ1) is 13.4. The molecular formula is C14H12ClFN2O. The Kier molecular flexibility index (Phi) is 4.02. The number of halogens is 2. The Bertz CT molecular complexity index is 596. The Morgan fingerprint density at radius 1 is 1.26 bits per heavy atom. The van der Waals surface area contributed by atoms with E-state index in [0.717, 1.165) is 0 Å². The molecule has 0 saturated carbocycles. The van der Waals surface area contributed by atoms with Crippen molar-refractivity contribution in [2.75, 3.05) is 11.1 Å². The minimum atomic E-state index is -0.373. The smallest absolute Gasteiger partial charge is 0.228 e. The molecular weight excluding hydrogens is 267 g/mol. The summed E-state index contributed by atoms with van der Waals surface area (Å²) in [5.74, 6) is -0.673. The maximum atomic E-state index is 13.0. The molecule has 0 saturated heterocycles. The van der Waals surface area contributed by atoms with E-state index in [1.54, 1.807) is 30.3 Å². The lowest BCUT2D eigenvalue weighted by atomic mass is 10.1. The highest BCUT2D eigenvalue weighted by molar-refractivity contribution is 6.34. The molecule has 98 valence electrons. The van der Waals surface area contributed by atoms with Gasteiger partial charge in [-0.3, -0.25) is 4.79 Å². The predicted octanol–water partition coefficient (Wildman–Crippen LogP) is 3.24. The van der Waals surface area contributed by atoms with Gasteiger partial charge in [0.25, 0.3) is 0 Å². The van der Waals surface area contributed by atoms with Gasteiger partial charge in [-0.05, 0) is 29.8 Å². The number of nitrogens with two attached hydrogens (primary N) is 1. The summed E-state index contributed by atoms with van der Waals surface area (Å²) in [4.78, 5) is 11.8. The molecule has 0 aliphatic rings. The second kappa shape index (κ2) is 5.71. The van der Waals surface area contributed by atoms with E-state index in [4.69, 9.17) is 17.3 Å². The minimum Gasteiger partial charge on any atom is -0.397 e. The highest BCUT2D eigenvalue weighted by Gasteiger charge is 2.09. The topological polar surface area (TPSA) is 55.1 Å². The summed E-state index contributed by atoms with van der Waals surface area (Å²) < 4.78 is 13.0. The highest BCUT2D eigenvalue weighted by atomic mass is 35.5. The van der Waals surface area contributed by atoms with Gasteiger partial charge in [-0.2, -0.15) is 0 Å². The third-order valence-electron chi connectivity index (χ3n) is 2.56. The van der Waals surface area contributed by atoms with Gasteiger partial charge in [-0.25, -0.2) is 4.39 Å². The van der Waals surface area contributed by atoms with E-state index in [-0.39, 0.29) is 18.1 Å². The van der Waals surface area contributed by atoms with E-state index in [1.165, 1.54) is 12.1 Å². The molecule has 2 aromatic rings. The second-order valence-corrected chi connectivity index (χ2v) is 4.47. The number of hydrogen-bond donors (Lipinski definition) is 2. The van der Waals surface area contributed by atoms with Gasteiger partial charge in [0.15, 0.2) is 0 Å². The molecule has 0 spiro atoms. The first-order valence-electron chi connectivity index (χ1n) is 5.64. The van der Waals surface area contributed by atoms with E-state index < -0.39 is 0 Å². The fourth-order valence-corrected chi connectivity index (χ4v) is 1.92. The zero-order valence-corrected chi connectivity index (χ0v) is 10.7. The zero-order valence-electron chi connectivity index (χ0n) is 9.99. The van der Waals surface area contributed by atoms with Gasteiger partial charge in [0, 0.05) is 0 Å². The van der Waals surface area contributed by atoms with Crippen molar-refractivity contribution < 1.29 is 9.18 Å². The molecule has 0 unspecified atom stereocenters. The molecule has 0 fully saturated rings. The number of carbonyl (C=O) groups is 1. The summed E-state index contributed by atoms with van der Waals surface area (Å²) in [5, 5.41) is 3.00. The van der Waals surface area contributed by atoms with Crippen molar-refractivity contribution in [3.05, 3.63) is 58.9 Å². The van der Waals surface area contributed by atoms with Crippen LogP contribution in [0.2, 0.25) is 5.02 Å². The van der Waals surface area contributed by atoms with Crippen molar-refractivity contribution in [2.45, 2.75) is 6.42 Å². The molecule has 3 N–H and O–H groups in total. The number of anilines is 2. The van der Waals surface area contributed by atoms with Crippen LogP contribution < -0.4 is 11.1 Å². The van der Waals surface area contributed by atoms with E-state index in [9.17, 15) is 9.18 Å². The van der Waals surface area contributed by atoms with Crippen molar-refractivity contribution in [3.8, 4) is 0 Å². The summed E-state index contributed by atoms with van der Waals surface area (Å²) in [7, 11) is 0. The average Bonchev–Trinajstić information content (AvgIpc) is 2.34.